The molecule has 0 aromatic carbocycles. The number of hydrogen-bond acceptors (Lipinski definition) is 4. The van der Waals surface area contributed by atoms with Crippen molar-refractivity contribution in [1.82, 2.24) is 10.2 Å². The zero-order chi connectivity index (χ0) is 9.52. The van der Waals surface area contributed by atoms with Crippen LogP contribution < -0.4 is 5.32 Å². The summed E-state index contributed by atoms with van der Waals surface area (Å²) < 4.78 is 4.50. The highest BCUT2D eigenvalue weighted by Crippen LogP contribution is 2.02. The van der Waals surface area contributed by atoms with Crippen molar-refractivity contribution in [3.63, 3.8) is 0 Å². The lowest BCUT2D eigenvalue weighted by atomic mass is 10.1. The van der Waals surface area contributed by atoms with Crippen molar-refractivity contribution in [3.05, 3.63) is 0 Å². The van der Waals surface area contributed by atoms with E-state index in [0.29, 0.717) is 12.6 Å². The maximum atomic E-state index is 8.68. The zero-order valence-electron chi connectivity index (χ0n) is 8.33. The molecule has 2 fully saturated rings. The van der Waals surface area contributed by atoms with Gasteiger partial charge in [0.15, 0.2) is 0 Å². The fraction of sp³-hybridized carbons (Fsp3) is 1.00. The Bertz CT molecular complexity index is 126. The Balaban J connectivity index is 0.000000236. The van der Waals surface area contributed by atoms with Gasteiger partial charge in [0.1, 0.15) is 0 Å². The third-order valence-electron chi connectivity index (χ3n) is 2.31. The minimum absolute atomic E-state index is 0.302. The number of epoxide rings is 1. The van der Waals surface area contributed by atoms with Crippen LogP contribution in [0.2, 0.25) is 0 Å². The van der Waals surface area contributed by atoms with Crippen LogP contribution in [0.4, 0.5) is 0 Å². The molecule has 4 heteroatoms. The molecule has 2 N–H and O–H groups in total. The largest absolute Gasteiger partial charge is 0.396 e. The predicted molar refractivity (Wildman–Crippen MR) is 51.8 cm³/mol. The van der Waals surface area contributed by atoms with Gasteiger partial charge in [-0.15, -0.1) is 0 Å². The van der Waals surface area contributed by atoms with Crippen LogP contribution in [0, 0.1) is 0 Å². The highest BCUT2D eigenvalue weighted by molar-refractivity contribution is 4.76. The van der Waals surface area contributed by atoms with E-state index in [2.05, 4.69) is 22.0 Å². The van der Waals surface area contributed by atoms with E-state index in [0.717, 1.165) is 39.3 Å². The van der Waals surface area contributed by atoms with E-state index in [-0.39, 0.29) is 0 Å². The number of aliphatic hydroxyl groups excluding tert-OH is 1. The Morgan fingerprint density at radius 2 is 2.23 bits per heavy atom. The Morgan fingerprint density at radius 1 is 1.54 bits per heavy atom. The van der Waals surface area contributed by atoms with E-state index in [9.17, 15) is 0 Å². The van der Waals surface area contributed by atoms with Gasteiger partial charge in [-0.05, 0) is 13.5 Å². The summed E-state index contributed by atoms with van der Waals surface area (Å²) in [7, 11) is 2.11. The number of ether oxygens (including phenoxy) is 1. The Kier molecular flexibility index (Phi) is 5.31. The fourth-order valence-electron chi connectivity index (χ4n) is 1.33. The number of likely N-dealkylation sites (N-methyl/N-ethyl adjacent to an activating group) is 1. The van der Waals surface area contributed by atoms with Gasteiger partial charge in [-0.1, -0.05) is 0 Å². The molecule has 2 heterocycles. The lowest BCUT2D eigenvalue weighted by Crippen LogP contribution is -2.49. The van der Waals surface area contributed by atoms with Crippen molar-refractivity contribution in [2.24, 2.45) is 0 Å². The predicted octanol–water partition coefficient (Wildman–Crippen LogP) is -0.711. The summed E-state index contributed by atoms with van der Waals surface area (Å²) >= 11 is 0. The van der Waals surface area contributed by atoms with Crippen LogP contribution in [0.25, 0.3) is 0 Å². The molecule has 0 spiro atoms. The van der Waals surface area contributed by atoms with Gasteiger partial charge in [-0.3, -0.25) is 0 Å². The highest BCUT2D eigenvalue weighted by Gasteiger charge is 2.16. The van der Waals surface area contributed by atoms with Crippen molar-refractivity contribution in [2.45, 2.75) is 12.5 Å². The first-order valence-electron chi connectivity index (χ1n) is 4.94. The van der Waals surface area contributed by atoms with Gasteiger partial charge in [-0.2, -0.15) is 0 Å². The first-order valence-corrected chi connectivity index (χ1v) is 4.94. The highest BCUT2D eigenvalue weighted by atomic mass is 16.6. The molecule has 0 amide bonds. The van der Waals surface area contributed by atoms with E-state index in [1.165, 1.54) is 0 Å². The first-order chi connectivity index (χ1) is 6.34. The lowest BCUT2D eigenvalue weighted by Gasteiger charge is -2.32. The summed E-state index contributed by atoms with van der Waals surface area (Å²) in [5.74, 6) is 0. The third-order valence-corrected chi connectivity index (χ3v) is 2.31. The Morgan fingerprint density at radius 3 is 2.69 bits per heavy atom. The molecule has 13 heavy (non-hydrogen) atoms. The number of aliphatic hydroxyl groups is 1. The molecule has 1 atom stereocenters. The number of piperazine rings is 1. The van der Waals surface area contributed by atoms with Crippen LogP contribution in [0.15, 0.2) is 0 Å². The average Bonchev–Trinajstić information content (AvgIpc) is 2.95. The summed E-state index contributed by atoms with van der Waals surface area (Å²) in [5.41, 5.74) is 0. The molecule has 0 aromatic rings. The molecule has 0 saturated carbocycles. The first kappa shape index (κ1) is 10.9. The molecule has 4 nitrogen and oxygen atoms in total. The second-order valence-corrected chi connectivity index (χ2v) is 3.46. The molecule has 78 valence electrons. The van der Waals surface area contributed by atoms with Crippen molar-refractivity contribution < 1.29 is 9.84 Å². The second-order valence-electron chi connectivity index (χ2n) is 3.46. The van der Waals surface area contributed by atoms with E-state index in [4.69, 9.17) is 5.11 Å². The minimum atomic E-state index is 0.302. The molecule has 0 aromatic heterocycles. The number of nitrogens with zero attached hydrogens (tertiary/aromatic N) is 1. The smallest absolute Gasteiger partial charge is 0.0701 e. The van der Waals surface area contributed by atoms with Gasteiger partial charge in [-0.25, -0.2) is 0 Å². The van der Waals surface area contributed by atoms with Gasteiger partial charge in [0.25, 0.3) is 0 Å². The van der Waals surface area contributed by atoms with E-state index >= 15 is 0 Å². The van der Waals surface area contributed by atoms with Crippen LogP contribution >= 0.6 is 0 Å². The molecule has 2 aliphatic heterocycles. The van der Waals surface area contributed by atoms with Crippen molar-refractivity contribution in [2.75, 3.05) is 46.5 Å². The van der Waals surface area contributed by atoms with E-state index in [1.54, 1.807) is 0 Å². The van der Waals surface area contributed by atoms with Gasteiger partial charge in [0.2, 0.25) is 0 Å². The summed E-state index contributed by atoms with van der Waals surface area (Å²) in [4.78, 5) is 2.30. The van der Waals surface area contributed by atoms with Crippen LogP contribution in [-0.2, 0) is 4.74 Å². The molecule has 0 aliphatic carbocycles. The molecular formula is C9H20N2O2. The SMILES string of the molecule is C1CO1.CN1CCNCC1CCO. The Hall–Kier alpha value is -0.160. The van der Waals surface area contributed by atoms with Crippen molar-refractivity contribution >= 4 is 0 Å². The summed E-state index contributed by atoms with van der Waals surface area (Å²) in [6, 6.07) is 0.541. The zero-order valence-corrected chi connectivity index (χ0v) is 8.33. The summed E-state index contributed by atoms with van der Waals surface area (Å²) in [6.07, 6.45) is 0.892. The molecule has 2 saturated heterocycles. The quantitative estimate of drug-likeness (QED) is 0.562. The topological polar surface area (TPSA) is 48.0 Å². The number of rotatable bonds is 2. The van der Waals surface area contributed by atoms with Crippen LogP contribution in [0.3, 0.4) is 0 Å². The minimum Gasteiger partial charge on any atom is -0.396 e. The van der Waals surface area contributed by atoms with E-state index < -0.39 is 0 Å². The molecule has 2 aliphatic rings. The van der Waals surface area contributed by atoms with Crippen LogP contribution in [-0.4, -0.2) is 62.6 Å². The number of nitrogens with one attached hydrogen (secondary N) is 1. The van der Waals surface area contributed by atoms with E-state index in [1.807, 2.05) is 0 Å². The van der Waals surface area contributed by atoms with Gasteiger partial charge >= 0.3 is 0 Å². The maximum Gasteiger partial charge on any atom is 0.0701 e. The molecule has 0 bridgehead atoms. The third kappa shape index (κ3) is 5.21. The molecule has 0 radical (unpaired) electrons. The van der Waals surface area contributed by atoms with Crippen molar-refractivity contribution in [1.29, 1.82) is 0 Å². The lowest BCUT2D eigenvalue weighted by molar-refractivity contribution is 0.158. The standard InChI is InChI=1S/C7H16N2O.C2H4O/c1-9-4-3-8-6-7(9)2-5-10;1-2-3-1/h7-8,10H,2-6H2,1H3;1-2H2. The summed E-state index contributed by atoms with van der Waals surface area (Å²) in [6.45, 7) is 5.51. The molecule has 2 rings (SSSR count). The van der Waals surface area contributed by atoms with Gasteiger partial charge in [0, 0.05) is 32.3 Å². The normalized spacial score (nSPS) is 27.7. The van der Waals surface area contributed by atoms with Gasteiger partial charge < -0.3 is 20.1 Å². The molecule has 1 unspecified atom stereocenters. The fourth-order valence-corrected chi connectivity index (χ4v) is 1.33. The van der Waals surface area contributed by atoms with Crippen LogP contribution in [0.1, 0.15) is 6.42 Å². The second kappa shape index (κ2) is 6.32. The molecular weight excluding hydrogens is 168 g/mol. The maximum absolute atomic E-state index is 8.68. The van der Waals surface area contributed by atoms with Crippen LogP contribution in [0.5, 0.6) is 0 Å². The summed E-state index contributed by atoms with van der Waals surface area (Å²) in [5, 5.41) is 12.0. The van der Waals surface area contributed by atoms with Crippen molar-refractivity contribution in [3.8, 4) is 0 Å². The van der Waals surface area contributed by atoms with Gasteiger partial charge in [0.05, 0.1) is 13.2 Å². The monoisotopic (exact) mass is 188 g/mol. The average molecular weight is 188 g/mol. The number of hydrogen-bond donors (Lipinski definition) is 2. The Labute approximate surface area is 79.9 Å².